The van der Waals surface area contributed by atoms with Gasteiger partial charge in [0.15, 0.2) is 0 Å². The predicted octanol–water partition coefficient (Wildman–Crippen LogP) is 5.20. The highest BCUT2D eigenvalue weighted by atomic mass is 14.1. The van der Waals surface area contributed by atoms with E-state index >= 15 is 0 Å². The predicted molar refractivity (Wildman–Crippen MR) is 85.2 cm³/mol. The zero-order valence-corrected chi connectivity index (χ0v) is 11.7. The molecular formula is C19H20. The summed E-state index contributed by atoms with van der Waals surface area (Å²) in [4.78, 5) is 0. The summed E-state index contributed by atoms with van der Waals surface area (Å²) in [5.41, 5.74) is 7.46. The second-order valence-corrected chi connectivity index (χ2v) is 5.04. The average molecular weight is 248 g/mol. The van der Waals surface area contributed by atoms with Crippen molar-refractivity contribution in [1.82, 2.24) is 0 Å². The van der Waals surface area contributed by atoms with Crippen LogP contribution < -0.4 is 0 Å². The van der Waals surface area contributed by atoms with Gasteiger partial charge in [-0.15, -0.1) is 0 Å². The van der Waals surface area contributed by atoms with E-state index in [2.05, 4.69) is 69.5 Å². The number of benzene rings is 2. The third kappa shape index (κ3) is 3.23. The molecule has 0 unspecified atom stereocenters. The molecule has 2 rings (SSSR count). The first-order valence-electron chi connectivity index (χ1n) is 6.57. The number of allylic oxidation sites excluding steroid dienone is 1. The van der Waals surface area contributed by atoms with Gasteiger partial charge in [0.1, 0.15) is 0 Å². The molecule has 2 aromatic carbocycles. The Bertz CT molecular complexity index is 618. The molecule has 0 saturated carbocycles. The second kappa shape index (κ2) is 5.71. The third-order valence-corrected chi connectivity index (χ3v) is 3.44. The Kier molecular flexibility index (Phi) is 4.01. The first-order valence-corrected chi connectivity index (χ1v) is 6.57. The molecular weight excluding hydrogens is 228 g/mol. The van der Waals surface area contributed by atoms with Crippen LogP contribution in [0.15, 0.2) is 55.6 Å². The number of hydrogen-bond donors (Lipinski definition) is 0. The van der Waals surface area contributed by atoms with Crippen LogP contribution in [0.2, 0.25) is 0 Å². The van der Waals surface area contributed by atoms with Crippen molar-refractivity contribution in [2.75, 3.05) is 0 Å². The fourth-order valence-electron chi connectivity index (χ4n) is 2.21. The highest BCUT2D eigenvalue weighted by Gasteiger charge is 2.04. The summed E-state index contributed by atoms with van der Waals surface area (Å²) < 4.78 is 0. The molecule has 0 aliphatic heterocycles. The van der Waals surface area contributed by atoms with Crippen molar-refractivity contribution in [3.05, 3.63) is 83.4 Å². The Morgan fingerprint density at radius 2 is 1.89 bits per heavy atom. The lowest BCUT2D eigenvalue weighted by molar-refractivity contribution is 1.21. The van der Waals surface area contributed by atoms with E-state index in [4.69, 9.17) is 0 Å². The van der Waals surface area contributed by atoms with Crippen molar-refractivity contribution in [2.24, 2.45) is 0 Å². The molecule has 96 valence electrons. The molecule has 0 heteroatoms. The molecule has 0 nitrogen and oxygen atoms in total. The lowest BCUT2D eigenvalue weighted by Gasteiger charge is -2.10. The maximum atomic E-state index is 4.23. The van der Waals surface area contributed by atoms with E-state index in [1.807, 2.05) is 6.08 Å². The zero-order valence-electron chi connectivity index (χ0n) is 11.7. The summed E-state index contributed by atoms with van der Waals surface area (Å²) in [6.07, 6.45) is 2.77. The molecule has 0 saturated heterocycles. The minimum atomic E-state index is 0.897. The number of aryl methyl sites for hydroxylation is 2. The van der Waals surface area contributed by atoms with E-state index in [9.17, 15) is 0 Å². The van der Waals surface area contributed by atoms with E-state index in [0.717, 1.165) is 17.6 Å². The number of rotatable bonds is 4. The molecule has 0 radical (unpaired) electrons. The maximum absolute atomic E-state index is 4.23. The fourth-order valence-corrected chi connectivity index (χ4v) is 2.21. The summed E-state index contributed by atoms with van der Waals surface area (Å²) in [5.74, 6) is 0. The van der Waals surface area contributed by atoms with E-state index in [1.165, 1.54) is 22.3 Å². The molecule has 0 aliphatic rings. The molecule has 0 aliphatic carbocycles. The van der Waals surface area contributed by atoms with Crippen LogP contribution in [0.4, 0.5) is 0 Å². The van der Waals surface area contributed by atoms with Crippen molar-refractivity contribution in [2.45, 2.75) is 20.3 Å². The molecule has 0 fully saturated rings. The Morgan fingerprint density at radius 3 is 2.63 bits per heavy atom. The largest absolute Gasteiger partial charge is 0.0985 e. The Labute approximate surface area is 116 Å². The number of hydrogen-bond acceptors (Lipinski definition) is 0. The van der Waals surface area contributed by atoms with Crippen LogP contribution in [0.3, 0.4) is 0 Å². The molecule has 0 spiro atoms. The van der Waals surface area contributed by atoms with Crippen molar-refractivity contribution in [1.29, 1.82) is 0 Å². The summed E-state index contributed by atoms with van der Waals surface area (Å²) in [6, 6.07) is 14.9. The van der Waals surface area contributed by atoms with Gasteiger partial charge in [0.05, 0.1) is 0 Å². The van der Waals surface area contributed by atoms with Crippen LogP contribution in [-0.4, -0.2) is 0 Å². The Morgan fingerprint density at radius 1 is 1.11 bits per heavy atom. The van der Waals surface area contributed by atoms with E-state index in [0.29, 0.717) is 0 Å². The van der Waals surface area contributed by atoms with E-state index in [-0.39, 0.29) is 0 Å². The molecule has 0 N–H and O–H groups in total. The van der Waals surface area contributed by atoms with Crippen LogP contribution in [0.5, 0.6) is 0 Å². The highest BCUT2D eigenvalue weighted by Crippen LogP contribution is 2.22. The third-order valence-electron chi connectivity index (χ3n) is 3.44. The molecule has 19 heavy (non-hydrogen) atoms. The molecule has 0 heterocycles. The van der Waals surface area contributed by atoms with Crippen molar-refractivity contribution >= 4 is 11.6 Å². The monoisotopic (exact) mass is 248 g/mol. The summed E-state index contributed by atoms with van der Waals surface area (Å²) >= 11 is 0. The van der Waals surface area contributed by atoms with Crippen LogP contribution >= 0.6 is 0 Å². The molecule has 0 atom stereocenters. The van der Waals surface area contributed by atoms with Gasteiger partial charge in [-0.2, -0.15) is 0 Å². The Balaban J connectivity index is 2.25. The lowest BCUT2D eigenvalue weighted by Crippen LogP contribution is -1.94. The first kappa shape index (κ1) is 13.4. The standard InChI is InChI=1S/C19H20/c1-5-17-7-6-8-18(13-17)16(4)12-19-11-14(2)9-10-15(19)3/h5-11,13H,1,4,12H2,2-3H3. The van der Waals surface area contributed by atoms with Gasteiger partial charge in [0.25, 0.3) is 0 Å². The summed E-state index contributed by atoms with van der Waals surface area (Å²) in [7, 11) is 0. The molecule has 0 aromatic heterocycles. The Hall–Kier alpha value is -2.08. The van der Waals surface area contributed by atoms with Crippen molar-refractivity contribution in [3.8, 4) is 0 Å². The van der Waals surface area contributed by atoms with Crippen LogP contribution in [-0.2, 0) is 6.42 Å². The SMILES string of the molecule is C=Cc1cccc(C(=C)Cc2cc(C)ccc2C)c1. The smallest absolute Gasteiger partial charge is 0.00230 e. The quantitative estimate of drug-likeness (QED) is 0.697. The van der Waals surface area contributed by atoms with Crippen LogP contribution in [0, 0.1) is 13.8 Å². The highest BCUT2D eigenvalue weighted by molar-refractivity contribution is 5.68. The normalized spacial score (nSPS) is 10.2. The van der Waals surface area contributed by atoms with E-state index in [1.54, 1.807) is 0 Å². The van der Waals surface area contributed by atoms with Gasteiger partial charge >= 0.3 is 0 Å². The minimum absolute atomic E-state index is 0.897. The average Bonchev–Trinajstić information content (AvgIpc) is 2.43. The maximum Gasteiger partial charge on any atom is -0.00230 e. The van der Waals surface area contributed by atoms with Crippen molar-refractivity contribution < 1.29 is 0 Å². The van der Waals surface area contributed by atoms with E-state index < -0.39 is 0 Å². The lowest BCUT2D eigenvalue weighted by atomic mass is 9.95. The first-order chi connectivity index (χ1) is 9.10. The fraction of sp³-hybridized carbons (Fsp3) is 0.158. The van der Waals surface area contributed by atoms with Crippen LogP contribution in [0.1, 0.15) is 27.8 Å². The molecule has 0 amide bonds. The van der Waals surface area contributed by atoms with Gasteiger partial charge in [-0.05, 0) is 54.2 Å². The second-order valence-electron chi connectivity index (χ2n) is 5.04. The van der Waals surface area contributed by atoms with Crippen LogP contribution in [0.25, 0.3) is 11.6 Å². The van der Waals surface area contributed by atoms with Gasteiger partial charge < -0.3 is 0 Å². The summed E-state index contributed by atoms with van der Waals surface area (Å²) in [6.45, 7) is 12.3. The topological polar surface area (TPSA) is 0 Å². The summed E-state index contributed by atoms with van der Waals surface area (Å²) in [5, 5.41) is 0. The van der Waals surface area contributed by atoms with Gasteiger partial charge in [-0.3, -0.25) is 0 Å². The minimum Gasteiger partial charge on any atom is -0.0985 e. The molecule has 2 aromatic rings. The van der Waals surface area contributed by atoms with Crippen molar-refractivity contribution in [3.63, 3.8) is 0 Å². The zero-order chi connectivity index (χ0) is 13.8. The van der Waals surface area contributed by atoms with Gasteiger partial charge in [0, 0.05) is 0 Å². The molecule has 0 bridgehead atoms. The van der Waals surface area contributed by atoms with Gasteiger partial charge in [-0.1, -0.05) is 61.2 Å². The van der Waals surface area contributed by atoms with Gasteiger partial charge in [-0.25, -0.2) is 0 Å². The van der Waals surface area contributed by atoms with Gasteiger partial charge in [0.2, 0.25) is 0 Å².